The van der Waals surface area contributed by atoms with Crippen LogP contribution in [-0.4, -0.2) is 11.0 Å². The van der Waals surface area contributed by atoms with Gasteiger partial charge >= 0.3 is 0 Å². The van der Waals surface area contributed by atoms with Crippen LogP contribution in [0.1, 0.15) is 10.6 Å². The van der Waals surface area contributed by atoms with Gasteiger partial charge < -0.3 is 9.73 Å². The molecule has 0 radical (unpaired) electrons. The molecule has 2 N–H and O–H groups in total. The fourth-order valence-electron chi connectivity index (χ4n) is 2.21. The fourth-order valence-corrected chi connectivity index (χ4v) is 3.52. The van der Waals surface area contributed by atoms with E-state index in [4.69, 9.17) is 51.4 Å². The van der Waals surface area contributed by atoms with Crippen LogP contribution in [0.15, 0.2) is 57.4 Å². The molecule has 0 saturated heterocycles. The second-order valence-electron chi connectivity index (χ2n) is 5.30. The Morgan fingerprint density at radius 3 is 2.56 bits per heavy atom. The molecule has 2 aromatic carbocycles. The zero-order valence-electron chi connectivity index (χ0n) is 13.4. The van der Waals surface area contributed by atoms with E-state index < -0.39 is 5.91 Å². The second-order valence-corrected chi connectivity index (χ2v) is 7.81. The quantitative estimate of drug-likeness (QED) is 0.386. The highest BCUT2D eigenvalue weighted by Crippen LogP contribution is 2.34. The SMILES string of the molecule is O=C(NC(=S)Nc1ccc(Br)cc1Cl)c1ccc(-c2cccc(Cl)c2Cl)o1. The summed E-state index contributed by atoms with van der Waals surface area (Å²) >= 11 is 26.8. The number of nitrogens with one attached hydrogen (secondary N) is 2. The van der Waals surface area contributed by atoms with Crippen LogP contribution < -0.4 is 10.6 Å². The Morgan fingerprint density at radius 1 is 1.04 bits per heavy atom. The lowest BCUT2D eigenvalue weighted by molar-refractivity contribution is 0.0951. The molecule has 0 aliphatic carbocycles. The van der Waals surface area contributed by atoms with Crippen molar-refractivity contribution in [2.75, 3.05) is 5.32 Å². The van der Waals surface area contributed by atoms with E-state index in [1.54, 1.807) is 42.5 Å². The summed E-state index contributed by atoms with van der Waals surface area (Å²) in [7, 11) is 0. The average Bonchev–Trinajstić information content (AvgIpc) is 3.10. The van der Waals surface area contributed by atoms with Gasteiger partial charge in [0.2, 0.25) is 0 Å². The molecular formula is C18H10BrCl3N2O2S. The lowest BCUT2D eigenvalue weighted by Crippen LogP contribution is -2.33. The summed E-state index contributed by atoms with van der Waals surface area (Å²) in [6.45, 7) is 0. The van der Waals surface area contributed by atoms with Gasteiger partial charge in [0.05, 0.1) is 20.8 Å². The summed E-state index contributed by atoms with van der Waals surface area (Å²) in [5, 5.41) is 6.68. The van der Waals surface area contributed by atoms with Crippen molar-refractivity contribution in [3.63, 3.8) is 0 Å². The molecule has 9 heteroatoms. The van der Waals surface area contributed by atoms with Crippen molar-refractivity contribution in [2.24, 2.45) is 0 Å². The number of halogens is 4. The van der Waals surface area contributed by atoms with E-state index in [0.717, 1.165) is 4.47 Å². The molecule has 0 atom stereocenters. The van der Waals surface area contributed by atoms with Crippen molar-refractivity contribution in [3.8, 4) is 11.3 Å². The molecular weight excluding hydrogens is 495 g/mol. The summed E-state index contributed by atoms with van der Waals surface area (Å²) in [5.74, 6) is -0.0142. The highest BCUT2D eigenvalue weighted by atomic mass is 79.9. The number of benzene rings is 2. The topological polar surface area (TPSA) is 54.3 Å². The van der Waals surface area contributed by atoms with E-state index >= 15 is 0 Å². The van der Waals surface area contributed by atoms with Gasteiger partial charge in [-0.1, -0.05) is 56.8 Å². The summed E-state index contributed by atoms with van der Waals surface area (Å²) in [4.78, 5) is 12.3. The Balaban J connectivity index is 1.70. The molecule has 0 saturated carbocycles. The van der Waals surface area contributed by atoms with Crippen molar-refractivity contribution in [3.05, 3.63) is 73.8 Å². The number of hydrogen-bond acceptors (Lipinski definition) is 3. The molecule has 0 aliphatic heterocycles. The number of amides is 1. The van der Waals surface area contributed by atoms with Gasteiger partial charge in [-0.2, -0.15) is 0 Å². The third-order valence-electron chi connectivity index (χ3n) is 3.45. The smallest absolute Gasteiger partial charge is 0.293 e. The third kappa shape index (κ3) is 4.83. The summed E-state index contributed by atoms with van der Waals surface area (Å²) < 4.78 is 6.41. The molecule has 1 amide bonds. The molecule has 0 spiro atoms. The number of rotatable bonds is 3. The average molecular weight is 505 g/mol. The van der Waals surface area contributed by atoms with E-state index in [1.165, 1.54) is 6.07 Å². The molecule has 27 heavy (non-hydrogen) atoms. The Bertz CT molecular complexity index is 1040. The molecule has 0 bridgehead atoms. The highest BCUT2D eigenvalue weighted by Gasteiger charge is 2.16. The Labute approximate surface area is 183 Å². The number of hydrogen-bond donors (Lipinski definition) is 2. The molecule has 0 aliphatic rings. The number of anilines is 1. The van der Waals surface area contributed by atoms with Crippen LogP contribution in [0.25, 0.3) is 11.3 Å². The Hall–Kier alpha value is -1.57. The van der Waals surface area contributed by atoms with E-state index in [9.17, 15) is 4.79 Å². The number of carbonyl (C=O) groups is 1. The maximum atomic E-state index is 12.3. The predicted molar refractivity (Wildman–Crippen MR) is 117 cm³/mol. The van der Waals surface area contributed by atoms with Crippen LogP contribution in [0, 0.1) is 0 Å². The van der Waals surface area contributed by atoms with Crippen LogP contribution in [0.5, 0.6) is 0 Å². The maximum absolute atomic E-state index is 12.3. The normalized spacial score (nSPS) is 10.5. The van der Waals surface area contributed by atoms with E-state index in [-0.39, 0.29) is 10.9 Å². The zero-order valence-corrected chi connectivity index (χ0v) is 18.0. The minimum atomic E-state index is -0.509. The minimum Gasteiger partial charge on any atom is -0.451 e. The zero-order chi connectivity index (χ0) is 19.6. The molecule has 1 heterocycles. The Morgan fingerprint density at radius 2 is 1.81 bits per heavy atom. The number of thiocarbonyl (C=S) groups is 1. The highest BCUT2D eigenvalue weighted by molar-refractivity contribution is 9.10. The molecule has 0 fully saturated rings. The summed E-state index contributed by atoms with van der Waals surface area (Å²) in [6.07, 6.45) is 0. The van der Waals surface area contributed by atoms with E-state index in [1.807, 2.05) is 0 Å². The van der Waals surface area contributed by atoms with E-state index in [0.29, 0.717) is 32.1 Å². The first-order valence-electron chi connectivity index (χ1n) is 7.47. The van der Waals surface area contributed by atoms with Crippen molar-refractivity contribution >= 4 is 79.7 Å². The lowest BCUT2D eigenvalue weighted by Gasteiger charge is -2.10. The van der Waals surface area contributed by atoms with Gasteiger partial charge in [-0.15, -0.1) is 0 Å². The molecule has 1 aromatic heterocycles. The molecule has 138 valence electrons. The van der Waals surface area contributed by atoms with Crippen molar-refractivity contribution in [2.45, 2.75) is 0 Å². The summed E-state index contributed by atoms with van der Waals surface area (Å²) in [6, 6.07) is 13.6. The van der Waals surface area contributed by atoms with Crippen LogP contribution >= 0.6 is 63.0 Å². The molecule has 3 rings (SSSR count). The van der Waals surface area contributed by atoms with Crippen LogP contribution in [0.2, 0.25) is 15.1 Å². The summed E-state index contributed by atoms with van der Waals surface area (Å²) in [5.41, 5.74) is 1.15. The first kappa shape index (κ1) is 20.2. The van der Waals surface area contributed by atoms with Crippen molar-refractivity contribution in [1.82, 2.24) is 5.32 Å². The van der Waals surface area contributed by atoms with Gasteiger partial charge in [-0.3, -0.25) is 10.1 Å². The maximum Gasteiger partial charge on any atom is 0.293 e. The van der Waals surface area contributed by atoms with E-state index in [2.05, 4.69) is 26.6 Å². The fraction of sp³-hybridized carbons (Fsp3) is 0. The van der Waals surface area contributed by atoms with Crippen molar-refractivity contribution in [1.29, 1.82) is 0 Å². The molecule has 4 nitrogen and oxygen atoms in total. The Kier molecular flexibility index (Phi) is 6.44. The van der Waals surface area contributed by atoms with Crippen molar-refractivity contribution < 1.29 is 9.21 Å². The van der Waals surface area contributed by atoms with Gasteiger partial charge in [0.1, 0.15) is 5.76 Å². The number of carbonyl (C=O) groups excluding carboxylic acids is 1. The predicted octanol–water partition coefficient (Wildman–Crippen LogP) is 6.80. The largest absolute Gasteiger partial charge is 0.451 e. The third-order valence-corrected chi connectivity index (χ3v) is 5.28. The minimum absolute atomic E-state index is 0.0760. The standard InChI is InChI=1S/C18H10BrCl3N2O2S/c19-9-4-5-13(12(21)8-9)23-18(27)24-17(25)15-7-6-14(26-15)10-2-1-3-11(20)16(10)22/h1-8H,(H2,23,24,25,27). The van der Waals surface area contributed by atoms with Crippen LogP contribution in [-0.2, 0) is 0 Å². The van der Waals surface area contributed by atoms with Gasteiger partial charge in [-0.25, -0.2) is 0 Å². The number of furan rings is 1. The monoisotopic (exact) mass is 502 g/mol. The van der Waals surface area contributed by atoms with Gasteiger partial charge in [0.15, 0.2) is 10.9 Å². The van der Waals surface area contributed by atoms with Gasteiger partial charge in [0.25, 0.3) is 5.91 Å². The lowest BCUT2D eigenvalue weighted by atomic mass is 10.2. The van der Waals surface area contributed by atoms with Crippen LogP contribution in [0.3, 0.4) is 0 Å². The van der Waals surface area contributed by atoms with Gasteiger partial charge in [0, 0.05) is 10.0 Å². The molecule has 3 aromatic rings. The van der Waals surface area contributed by atoms with Gasteiger partial charge in [-0.05, 0) is 54.7 Å². The first-order chi connectivity index (χ1) is 12.8. The molecule has 0 unspecified atom stereocenters. The van der Waals surface area contributed by atoms with Crippen LogP contribution in [0.4, 0.5) is 5.69 Å². The second kappa shape index (κ2) is 8.63. The first-order valence-corrected chi connectivity index (χ1v) is 9.80.